The number of carbonyl (C=O) groups is 1. The molecule has 20 heavy (non-hydrogen) atoms. The van der Waals surface area contributed by atoms with E-state index in [4.69, 9.17) is 4.74 Å². The number of carbonyl (C=O) groups excluding carboxylic acids is 1. The molecule has 0 aliphatic carbocycles. The van der Waals surface area contributed by atoms with E-state index in [0.29, 0.717) is 17.9 Å². The minimum Gasteiger partial charge on any atom is -0.492 e. The Balaban J connectivity index is 1.81. The number of nitrogens with one attached hydrogen (secondary N) is 1. The van der Waals surface area contributed by atoms with Gasteiger partial charge in [-0.05, 0) is 12.1 Å². The zero-order valence-electron chi connectivity index (χ0n) is 10.9. The van der Waals surface area contributed by atoms with Crippen molar-refractivity contribution in [3.63, 3.8) is 0 Å². The molecule has 3 rings (SSSR count). The molecular weight excluding hydrogens is 254 g/mol. The maximum Gasteiger partial charge on any atom is 0.235 e. The highest BCUT2D eigenvalue weighted by atomic mass is 16.5. The summed E-state index contributed by atoms with van der Waals surface area (Å²) in [5, 5.41) is 12.1. The van der Waals surface area contributed by atoms with Gasteiger partial charge in [0.1, 0.15) is 18.3 Å². The molecule has 0 saturated heterocycles. The summed E-state index contributed by atoms with van der Waals surface area (Å²) >= 11 is 0. The molecular formula is C16H15NO3. The predicted molar refractivity (Wildman–Crippen MR) is 75.7 cm³/mol. The maximum absolute atomic E-state index is 12.4. The Labute approximate surface area is 117 Å². The van der Waals surface area contributed by atoms with Crippen LogP contribution in [0.1, 0.15) is 17.0 Å². The second-order valence-electron chi connectivity index (χ2n) is 4.71. The highest BCUT2D eigenvalue weighted by molar-refractivity contribution is 5.97. The first-order valence-corrected chi connectivity index (χ1v) is 6.51. The molecule has 1 unspecified atom stereocenters. The molecule has 1 aliphatic rings. The third-order valence-corrected chi connectivity index (χ3v) is 3.46. The van der Waals surface area contributed by atoms with Crippen LogP contribution in [0.5, 0.6) is 5.75 Å². The summed E-state index contributed by atoms with van der Waals surface area (Å²) in [5.74, 6) is 0.344. The number of hydrogen-bond acceptors (Lipinski definition) is 3. The predicted octanol–water partition coefficient (Wildman–Crippen LogP) is 2.29. The van der Waals surface area contributed by atoms with Crippen molar-refractivity contribution in [3.8, 4) is 5.75 Å². The summed E-state index contributed by atoms with van der Waals surface area (Å²) in [6.07, 6.45) is 0. The molecule has 1 amide bonds. The van der Waals surface area contributed by atoms with Gasteiger partial charge >= 0.3 is 0 Å². The first-order chi connectivity index (χ1) is 9.79. The minimum atomic E-state index is -0.307. The fourth-order valence-electron chi connectivity index (χ4n) is 2.38. The van der Waals surface area contributed by atoms with Crippen LogP contribution in [0.3, 0.4) is 0 Å². The topological polar surface area (TPSA) is 58.6 Å². The Morgan fingerprint density at radius 2 is 1.95 bits per heavy atom. The smallest absolute Gasteiger partial charge is 0.235 e. The molecule has 0 aromatic heterocycles. The quantitative estimate of drug-likeness (QED) is 0.898. The SMILES string of the molecule is O=C(Nc1ccccc1CO)C1COc2ccccc21. The first-order valence-electron chi connectivity index (χ1n) is 6.51. The Morgan fingerprint density at radius 1 is 1.20 bits per heavy atom. The number of amides is 1. The van der Waals surface area contributed by atoms with Crippen molar-refractivity contribution in [1.29, 1.82) is 0 Å². The van der Waals surface area contributed by atoms with Gasteiger partial charge in [-0.3, -0.25) is 4.79 Å². The third kappa shape index (κ3) is 2.26. The molecule has 1 heterocycles. The van der Waals surface area contributed by atoms with Gasteiger partial charge in [0.05, 0.1) is 6.61 Å². The van der Waals surface area contributed by atoms with Gasteiger partial charge in [0.15, 0.2) is 0 Å². The van der Waals surface area contributed by atoms with Crippen LogP contribution < -0.4 is 10.1 Å². The largest absolute Gasteiger partial charge is 0.492 e. The summed E-state index contributed by atoms with van der Waals surface area (Å²) in [7, 11) is 0. The van der Waals surface area contributed by atoms with Crippen LogP contribution in [-0.2, 0) is 11.4 Å². The van der Waals surface area contributed by atoms with Crippen LogP contribution in [-0.4, -0.2) is 17.6 Å². The van der Waals surface area contributed by atoms with E-state index in [0.717, 1.165) is 11.3 Å². The summed E-state index contributed by atoms with van der Waals surface area (Å²) in [4.78, 5) is 12.4. The number of para-hydroxylation sites is 2. The monoisotopic (exact) mass is 269 g/mol. The molecule has 0 spiro atoms. The van der Waals surface area contributed by atoms with Crippen LogP contribution in [0.4, 0.5) is 5.69 Å². The van der Waals surface area contributed by atoms with Gasteiger partial charge < -0.3 is 15.2 Å². The number of hydrogen-bond donors (Lipinski definition) is 2. The second kappa shape index (κ2) is 5.35. The number of aliphatic hydroxyl groups excluding tert-OH is 1. The van der Waals surface area contributed by atoms with E-state index in [1.54, 1.807) is 12.1 Å². The molecule has 4 heteroatoms. The van der Waals surface area contributed by atoms with Crippen LogP contribution in [0.15, 0.2) is 48.5 Å². The van der Waals surface area contributed by atoms with Crippen LogP contribution in [0, 0.1) is 0 Å². The first kappa shape index (κ1) is 12.7. The Morgan fingerprint density at radius 3 is 2.80 bits per heavy atom. The van der Waals surface area contributed by atoms with Crippen molar-refractivity contribution in [1.82, 2.24) is 0 Å². The van der Waals surface area contributed by atoms with E-state index in [-0.39, 0.29) is 18.4 Å². The van der Waals surface area contributed by atoms with Gasteiger partial charge in [-0.2, -0.15) is 0 Å². The van der Waals surface area contributed by atoms with Crippen molar-refractivity contribution in [2.45, 2.75) is 12.5 Å². The lowest BCUT2D eigenvalue weighted by molar-refractivity contribution is -0.117. The number of aliphatic hydroxyl groups is 1. The van der Waals surface area contributed by atoms with E-state index in [1.165, 1.54) is 0 Å². The van der Waals surface area contributed by atoms with Crippen LogP contribution in [0.25, 0.3) is 0 Å². The van der Waals surface area contributed by atoms with E-state index in [9.17, 15) is 9.90 Å². The van der Waals surface area contributed by atoms with Crippen molar-refractivity contribution in [2.24, 2.45) is 0 Å². The molecule has 0 fully saturated rings. The van der Waals surface area contributed by atoms with Crippen molar-refractivity contribution < 1.29 is 14.6 Å². The minimum absolute atomic E-state index is 0.103. The molecule has 2 aromatic carbocycles. The number of fused-ring (bicyclic) bond motifs is 1. The van der Waals surface area contributed by atoms with Crippen molar-refractivity contribution in [2.75, 3.05) is 11.9 Å². The second-order valence-corrected chi connectivity index (χ2v) is 4.71. The fourth-order valence-corrected chi connectivity index (χ4v) is 2.38. The van der Waals surface area contributed by atoms with E-state index >= 15 is 0 Å². The normalized spacial score (nSPS) is 16.4. The van der Waals surface area contributed by atoms with Gasteiger partial charge in [-0.15, -0.1) is 0 Å². The molecule has 2 aromatic rings. The van der Waals surface area contributed by atoms with Crippen LogP contribution >= 0.6 is 0 Å². The van der Waals surface area contributed by atoms with E-state index < -0.39 is 0 Å². The lowest BCUT2D eigenvalue weighted by Gasteiger charge is -2.12. The van der Waals surface area contributed by atoms with Gasteiger partial charge in [0, 0.05) is 16.8 Å². The molecule has 2 N–H and O–H groups in total. The lowest BCUT2D eigenvalue weighted by atomic mass is 10.0. The van der Waals surface area contributed by atoms with Crippen molar-refractivity contribution >= 4 is 11.6 Å². The van der Waals surface area contributed by atoms with E-state index in [2.05, 4.69) is 5.32 Å². The van der Waals surface area contributed by atoms with Gasteiger partial charge in [-0.25, -0.2) is 0 Å². The van der Waals surface area contributed by atoms with Gasteiger partial charge in [0.25, 0.3) is 0 Å². The summed E-state index contributed by atoms with van der Waals surface area (Å²) in [6, 6.07) is 14.8. The standard InChI is InChI=1S/C16H15NO3/c18-9-11-5-1-3-7-14(11)17-16(19)13-10-20-15-8-4-2-6-12(13)15/h1-8,13,18H,9-10H2,(H,17,19). The van der Waals surface area contributed by atoms with Crippen molar-refractivity contribution in [3.05, 3.63) is 59.7 Å². The fraction of sp³-hybridized carbons (Fsp3) is 0.188. The Kier molecular flexibility index (Phi) is 3.39. The molecule has 102 valence electrons. The number of benzene rings is 2. The van der Waals surface area contributed by atoms with E-state index in [1.807, 2.05) is 36.4 Å². The number of rotatable bonds is 3. The Bertz CT molecular complexity index is 639. The molecule has 0 saturated carbocycles. The average Bonchev–Trinajstić information content (AvgIpc) is 2.92. The number of anilines is 1. The highest BCUT2D eigenvalue weighted by Crippen LogP contribution is 2.34. The lowest BCUT2D eigenvalue weighted by Crippen LogP contribution is -2.22. The number of ether oxygens (including phenoxy) is 1. The molecule has 4 nitrogen and oxygen atoms in total. The maximum atomic E-state index is 12.4. The van der Waals surface area contributed by atoms with Gasteiger partial charge in [0.2, 0.25) is 5.91 Å². The summed E-state index contributed by atoms with van der Waals surface area (Å²) in [6.45, 7) is 0.251. The zero-order valence-corrected chi connectivity index (χ0v) is 10.9. The summed E-state index contributed by atoms with van der Waals surface area (Å²) in [5.41, 5.74) is 2.25. The highest BCUT2D eigenvalue weighted by Gasteiger charge is 2.30. The molecule has 0 bridgehead atoms. The average molecular weight is 269 g/mol. The van der Waals surface area contributed by atoms with Crippen LogP contribution in [0.2, 0.25) is 0 Å². The third-order valence-electron chi connectivity index (χ3n) is 3.46. The van der Waals surface area contributed by atoms with Gasteiger partial charge in [-0.1, -0.05) is 36.4 Å². The summed E-state index contributed by atoms with van der Waals surface area (Å²) < 4.78 is 5.52. The molecule has 1 atom stereocenters. The molecule has 1 aliphatic heterocycles. The Hall–Kier alpha value is -2.33. The zero-order chi connectivity index (χ0) is 13.9. The molecule has 0 radical (unpaired) electrons.